The van der Waals surface area contributed by atoms with Crippen LogP contribution in [0, 0.1) is 0 Å². The molecule has 0 radical (unpaired) electrons. The first-order valence-corrected chi connectivity index (χ1v) is 26.8. The molecule has 0 saturated carbocycles. The highest BCUT2D eigenvalue weighted by Crippen LogP contribution is 2.52. The Bertz CT molecular complexity index is 3150. The summed E-state index contributed by atoms with van der Waals surface area (Å²) >= 11 is 0. The second-order valence-corrected chi connectivity index (χ2v) is 20.4. The number of aliphatic hydroxyl groups is 3. The van der Waals surface area contributed by atoms with Gasteiger partial charge in [-0.15, -0.1) is 0 Å². The van der Waals surface area contributed by atoms with E-state index in [2.05, 4.69) is 26.6 Å². The Labute approximate surface area is 484 Å². The molecule has 9 atom stereocenters. The van der Waals surface area contributed by atoms with Crippen molar-refractivity contribution in [2.75, 3.05) is 52.0 Å². The van der Waals surface area contributed by atoms with Crippen molar-refractivity contribution >= 4 is 70.5 Å². The summed E-state index contributed by atoms with van der Waals surface area (Å²) in [7, 11) is 1.27. The number of phenols is 2. The highest BCUT2D eigenvalue weighted by Gasteiger charge is 2.50. The van der Waals surface area contributed by atoms with Crippen LogP contribution in [0.25, 0.3) is 0 Å². The summed E-state index contributed by atoms with van der Waals surface area (Å²) in [5, 5.41) is 68.5. The van der Waals surface area contributed by atoms with Crippen LogP contribution in [0.2, 0.25) is 0 Å². The fraction of sp³-hybridized carbons (Fsp3) is 0.446. The highest BCUT2D eigenvalue weighted by atomic mass is 16.7. The zero-order valence-electron chi connectivity index (χ0n) is 46.5. The lowest BCUT2D eigenvalue weighted by molar-refractivity contribution is -0.249. The van der Waals surface area contributed by atoms with Crippen LogP contribution in [-0.4, -0.2) is 190 Å². The van der Waals surface area contributed by atoms with E-state index in [0.717, 1.165) is 4.90 Å². The number of imide groups is 1. The number of ketones is 3. The lowest BCUT2D eigenvalue weighted by atomic mass is 9.72. The second kappa shape index (κ2) is 27.8. The van der Waals surface area contributed by atoms with Crippen molar-refractivity contribution in [3.05, 3.63) is 93.6 Å². The summed E-state index contributed by atoms with van der Waals surface area (Å²) < 4.78 is 33.6. The topological polar surface area (TPSA) is 434 Å². The van der Waals surface area contributed by atoms with Crippen LogP contribution >= 0.6 is 0 Å². The largest absolute Gasteiger partial charge is 0.507 e. The van der Waals surface area contributed by atoms with Gasteiger partial charge in [-0.05, 0) is 44.5 Å². The lowest BCUT2D eigenvalue weighted by Crippen LogP contribution is -2.56. The average molecular weight is 1190 g/mol. The van der Waals surface area contributed by atoms with Crippen molar-refractivity contribution in [2.24, 2.45) is 5.73 Å². The van der Waals surface area contributed by atoms with Gasteiger partial charge in [0.25, 0.3) is 11.8 Å². The number of ether oxygens (including phenoxy) is 6. The number of carbonyl (C=O) groups is 11. The molecule has 456 valence electrons. The predicted octanol–water partition coefficient (Wildman–Crippen LogP) is -1.37. The minimum atomic E-state index is -2.43. The molecule has 29 nitrogen and oxygen atoms in total. The van der Waals surface area contributed by atoms with Gasteiger partial charge in [-0.2, -0.15) is 0 Å². The van der Waals surface area contributed by atoms with Crippen LogP contribution in [0.4, 0.5) is 10.5 Å². The first kappa shape index (κ1) is 63.9. The number of Topliss-reactive ketones (excluding diaryl/α,β-unsaturated/α-hetero) is 1. The van der Waals surface area contributed by atoms with Crippen molar-refractivity contribution in [3.63, 3.8) is 0 Å². The normalized spacial score (nSPS) is 21.5. The van der Waals surface area contributed by atoms with E-state index in [4.69, 9.17) is 34.2 Å². The van der Waals surface area contributed by atoms with E-state index in [1.807, 2.05) is 0 Å². The number of hydrogen-bond donors (Lipinski definition) is 11. The first-order chi connectivity index (χ1) is 40.3. The van der Waals surface area contributed by atoms with Crippen LogP contribution in [0.15, 0.2) is 54.6 Å². The van der Waals surface area contributed by atoms with Gasteiger partial charge in [0.2, 0.25) is 35.3 Å². The maximum Gasteiger partial charge on any atom is 0.407 e. The maximum absolute atomic E-state index is 14.1. The summed E-state index contributed by atoms with van der Waals surface area (Å²) in [6.07, 6.45) is -6.51. The monoisotopic (exact) mass is 1190 g/mol. The molecule has 0 aromatic heterocycles. The number of nitrogens with one attached hydrogen (secondary N) is 5. The number of fused-ring (bicyclic) bond motifs is 3. The molecule has 2 heterocycles. The molecule has 0 unspecified atom stereocenters. The Balaban J connectivity index is 0.884. The Hall–Kier alpha value is -8.71. The number of amides is 8. The molecular weight excluding hydrogens is 1120 g/mol. The van der Waals surface area contributed by atoms with E-state index in [0.29, 0.717) is 5.56 Å². The van der Waals surface area contributed by atoms with Gasteiger partial charge in [0.1, 0.15) is 60.3 Å². The molecule has 4 aliphatic rings. The van der Waals surface area contributed by atoms with Gasteiger partial charge < -0.3 is 86.3 Å². The minimum Gasteiger partial charge on any atom is -0.507 e. The number of methoxy groups -OCH3 is 1. The summed E-state index contributed by atoms with van der Waals surface area (Å²) in [6, 6.07) is 4.97. The average Bonchev–Trinajstić information content (AvgIpc) is 1.20. The van der Waals surface area contributed by atoms with Gasteiger partial charge >= 0.3 is 6.09 Å². The Morgan fingerprint density at radius 2 is 1.47 bits per heavy atom. The Morgan fingerprint density at radius 3 is 2.13 bits per heavy atom. The van der Waals surface area contributed by atoms with E-state index < -0.39 is 168 Å². The molecule has 1 saturated heterocycles. The van der Waals surface area contributed by atoms with Crippen molar-refractivity contribution in [3.8, 4) is 17.2 Å². The molecule has 0 spiro atoms. The number of aromatic hydroxyl groups is 2. The van der Waals surface area contributed by atoms with E-state index >= 15 is 0 Å². The van der Waals surface area contributed by atoms with Crippen molar-refractivity contribution < 1.29 is 107 Å². The molecule has 2 aliphatic carbocycles. The zero-order valence-corrected chi connectivity index (χ0v) is 46.5. The van der Waals surface area contributed by atoms with Gasteiger partial charge in [-0.1, -0.05) is 24.3 Å². The van der Waals surface area contributed by atoms with Crippen LogP contribution in [0.5, 0.6) is 17.2 Å². The zero-order chi connectivity index (χ0) is 62.0. The van der Waals surface area contributed by atoms with E-state index in [9.17, 15) is 78.3 Å². The molecule has 29 heteroatoms. The molecule has 12 N–H and O–H groups in total. The molecule has 8 amide bonds. The minimum absolute atomic E-state index is 0.0102. The lowest BCUT2D eigenvalue weighted by Gasteiger charge is -2.42. The smallest absolute Gasteiger partial charge is 0.407 e. The number of phenolic OH excluding ortho intramolecular Hbond substituents is 2. The van der Waals surface area contributed by atoms with Crippen LogP contribution in [0.1, 0.15) is 101 Å². The van der Waals surface area contributed by atoms with Gasteiger partial charge in [-0.3, -0.25) is 52.8 Å². The van der Waals surface area contributed by atoms with Crippen molar-refractivity contribution in [1.29, 1.82) is 0 Å². The summed E-state index contributed by atoms with van der Waals surface area (Å²) in [5.41, 5.74) is 1.43. The van der Waals surface area contributed by atoms with E-state index in [1.165, 1.54) is 82.5 Å². The number of carbonyl (C=O) groups excluding carboxylic acids is 11. The van der Waals surface area contributed by atoms with Gasteiger partial charge in [0.15, 0.2) is 17.9 Å². The Kier molecular flexibility index (Phi) is 20.9. The number of primary amides is 1. The predicted molar refractivity (Wildman–Crippen MR) is 289 cm³/mol. The number of alkyl carbamates (subject to hydrolysis) is 1. The molecular formula is C56H65N7O22. The third-order valence-corrected chi connectivity index (χ3v) is 14.4. The van der Waals surface area contributed by atoms with E-state index in [1.54, 1.807) is 0 Å². The molecule has 1 fully saturated rings. The maximum atomic E-state index is 14.1. The van der Waals surface area contributed by atoms with Crippen molar-refractivity contribution in [2.45, 2.75) is 114 Å². The number of hydrogen-bond acceptors (Lipinski definition) is 22. The molecule has 3 aromatic rings. The summed E-state index contributed by atoms with van der Waals surface area (Å²) in [4.78, 5) is 142. The Morgan fingerprint density at radius 1 is 0.824 bits per heavy atom. The summed E-state index contributed by atoms with van der Waals surface area (Å²) in [6.45, 7) is 3.04. The van der Waals surface area contributed by atoms with Gasteiger partial charge in [0.05, 0.1) is 81.4 Å². The molecule has 2 aliphatic heterocycles. The summed E-state index contributed by atoms with van der Waals surface area (Å²) in [5.74, 6) is -9.26. The van der Waals surface area contributed by atoms with Crippen LogP contribution in [0.3, 0.4) is 0 Å². The van der Waals surface area contributed by atoms with E-state index in [-0.39, 0.29) is 86.1 Å². The van der Waals surface area contributed by atoms with Crippen LogP contribution < -0.4 is 37.1 Å². The molecule has 7 rings (SSSR count). The third kappa shape index (κ3) is 15.0. The first-order valence-electron chi connectivity index (χ1n) is 26.8. The number of nitrogens with two attached hydrogens (primary N) is 1. The second-order valence-electron chi connectivity index (χ2n) is 20.4. The SMILES string of the molecule is COc1cccc2c1C(=O)c1c(O)c3c(c(O)c1C2=O)C[C@@](O)(C(=O)CO)C[C@@H]3O[C@H]1C[C@H](NC(=O)OCc2ccc(NC(=O)[C@@H](CC(N)=O)NC(=O)[C@@H](C)NC(=O)[C@@H](C)NC(=O)CCOCCOCCN3C(=O)C=CC3=O)cc2)[C@H](O)[C@H](C)O1. The molecule has 3 aromatic carbocycles. The van der Waals surface area contributed by atoms with Gasteiger partial charge in [0, 0.05) is 60.2 Å². The molecule has 85 heavy (non-hydrogen) atoms. The fourth-order valence-electron chi connectivity index (χ4n) is 9.90. The fourth-order valence-corrected chi connectivity index (χ4v) is 9.90. The van der Waals surface area contributed by atoms with Gasteiger partial charge in [-0.25, -0.2) is 4.79 Å². The standard InChI is InChI=1S/C56H65N7O22/c1-26(58-39(67)14-16-81-18-19-82-17-15-63-40(68)12-13-41(63)69)52(75)59-27(2)53(76)61-34(20-38(57)66)54(77)60-30-10-8-29(9-11-30)25-83-55(78)62-33-21-42(84-28(3)47(33)70)85-36-23-56(79,37(65)24-64)22-32-44(36)51(74)46-45(49(32)72)48(71)31-6-5-7-35(80-4)43(31)50(46)73/h5-13,26-28,33-34,36,42,47,64,70,72,74,79H,14-25H2,1-4H3,(H2,57,66)(H,58,67)(H,59,75)(H,60,77)(H,61,76)(H,62,78)/t26-,27-,28+,33+,34-,36+,42+,47-,56+/m1/s1. The van der Waals surface area contributed by atoms with Crippen molar-refractivity contribution in [1.82, 2.24) is 26.2 Å². The number of anilines is 1. The number of benzene rings is 3. The highest BCUT2D eigenvalue weighted by molar-refractivity contribution is 6.31. The molecule has 0 bridgehead atoms. The quantitative estimate of drug-likeness (QED) is 0.0196. The number of rotatable bonds is 26. The number of nitrogens with zero attached hydrogens (tertiary/aromatic N) is 1. The third-order valence-electron chi connectivity index (χ3n) is 14.4. The van der Waals surface area contributed by atoms with Crippen LogP contribution in [-0.2, 0) is 75.1 Å². The number of aliphatic hydroxyl groups excluding tert-OH is 2.